The Labute approximate surface area is 235 Å². The van der Waals surface area contributed by atoms with Crippen LogP contribution in [-0.2, 0) is 11.2 Å². The Morgan fingerprint density at radius 2 is 1.64 bits per heavy atom. The molecule has 0 aliphatic heterocycles. The zero-order valence-electron chi connectivity index (χ0n) is 22.7. The first-order chi connectivity index (χ1) is 19.5. The van der Waals surface area contributed by atoms with E-state index in [9.17, 15) is 32.6 Å². The fourth-order valence-electron chi connectivity index (χ4n) is 4.39. The molecule has 0 fully saturated rings. The lowest BCUT2D eigenvalue weighted by Gasteiger charge is -2.32. The first-order valence-electron chi connectivity index (χ1n) is 12.4. The highest BCUT2D eigenvalue weighted by molar-refractivity contribution is 6.00. The number of aromatic nitrogens is 2. The highest BCUT2D eigenvalue weighted by Crippen LogP contribution is 2.43. The average Bonchev–Trinajstić information content (AvgIpc) is 2.90. The molecule has 2 aromatic carbocycles. The van der Waals surface area contributed by atoms with Gasteiger partial charge in [-0.1, -0.05) is 0 Å². The van der Waals surface area contributed by atoms with Crippen molar-refractivity contribution in [2.75, 3.05) is 13.7 Å². The number of carbonyl (C=O) groups is 1. The van der Waals surface area contributed by atoms with Crippen molar-refractivity contribution in [3.05, 3.63) is 88.5 Å². The molecule has 0 bridgehead atoms. The van der Waals surface area contributed by atoms with Crippen molar-refractivity contribution < 1.29 is 46.1 Å². The van der Waals surface area contributed by atoms with Crippen LogP contribution in [0.4, 0.5) is 26.3 Å². The molecule has 0 unspecified atom stereocenters. The Morgan fingerprint density at radius 1 is 1.00 bits per heavy atom. The molecule has 0 spiro atoms. The second-order valence-electron chi connectivity index (χ2n) is 10.2. The molecule has 0 saturated heterocycles. The maximum Gasteiger partial charge on any atom is 0.424 e. The van der Waals surface area contributed by atoms with Crippen LogP contribution in [0.15, 0.2) is 48.7 Å². The fraction of sp³-hybridized carbons (Fsp3) is 0.276. The van der Waals surface area contributed by atoms with E-state index in [4.69, 9.17) is 4.74 Å². The summed E-state index contributed by atoms with van der Waals surface area (Å²) in [6.07, 6.45) is -4.11. The number of pyridine rings is 2. The number of methoxy groups -OCH3 is 1. The summed E-state index contributed by atoms with van der Waals surface area (Å²) in [6.45, 7) is 1.93. The number of halogens is 6. The van der Waals surface area contributed by atoms with E-state index < -0.39 is 64.2 Å². The van der Waals surface area contributed by atoms with Crippen molar-refractivity contribution in [2.24, 2.45) is 0 Å². The van der Waals surface area contributed by atoms with Crippen LogP contribution in [0.1, 0.15) is 41.0 Å². The molecule has 222 valence electrons. The van der Waals surface area contributed by atoms with E-state index in [0.29, 0.717) is 10.9 Å². The normalized spacial score (nSPS) is 13.6. The van der Waals surface area contributed by atoms with Crippen LogP contribution in [0.3, 0.4) is 0 Å². The molecule has 4 rings (SSSR count). The molecule has 0 saturated carbocycles. The lowest BCUT2D eigenvalue weighted by atomic mass is 9.89. The number of fused-ring (bicyclic) bond motifs is 1. The minimum absolute atomic E-state index is 0.147. The van der Waals surface area contributed by atoms with Crippen molar-refractivity contribution in [3.8, 4) is 17.0 Å². The SMILES string of the molecule is COc1cc(C(=O)NC[C@](O)(c2nc(-c3ccc(F)cc3)c(F)c(C(C)(C)O)c2F)C(F)(F)F)cc2cc(C)cnc12. The zero-order valence-corrected chi connectivity index (χ0v) is 22.7. The van der Waals surface area contributed by atoms with E-state index >= 15 is 8.78 Å². The van der Waals surface area contributed by atoms with E-state index in [1.807, 2.05) is 5.32 Å². The number of ether oxygens (including phenoxy) is 1. The summed E-state index contributed by atoms with van der Waals surface area (Å²) < 4.78 is 93.2. The lowest BCUT2D eigenvalue weighted by molar-refractivity contribution is -0.266. The Bertz CT molecular complexity index is 1670. The van der Waals surface area contributed by atoms with Gasteiger partial charge in [0, 0.05) is 22.7 Å². The van der Waals surface area contributed by atoms with Gasteiger partial charge in [-0.3, -0.25) is 9.78 Å². The van der Waals surface area contributed by atoms with Crippen molar-refractivity contribution in [1.82, 2.24) is 15.3 Å². The highest BCUT2D eigenvalue weighted by Gasteiger charge is 2.58. The standard InChI is InChI=1S/C29H25F6N3O4/c1-14-9-16-10-17(11-19(42-4)23(16)36-12-14)26(39)37-13-28(41,29(33,34)35)25-22(32)20(27(2,3)40)21(31)24(38-25)15-5-7-18(30)8-6-15/h5-12,40-41H,13H2,1-4H3,(H,37,39)/t28-/m0/s1. The molecule has 0 aliphatic carbocycles. The maximum absolute atomic E-state index is 15.7. The smallest absolute Gasteiger partial charge is 0.424 e. The largest absolute Gasteiger partial charge is 0.494 e. The van der Waals surface area contributed by atoms with Gasteiger partial charge in [-0.2, -0.15) is 13.2 Å². The number of benzene rings is 2. The van der Waals surface area contributed by atoms with Crippen molar-refractivity contribution in [2.45, 2.75) is 38.1 Å². The second kappa shape index (κ2) is 10.9. The third-order valence-electron chi connectivity index (χ3n) is 6.54. The number of hydrogen-bond acceptors (Lipinski definition) is 6. The summed E-state index contributed by atoms with van der Waals surface area (Å²) >= 11 is 0. The third kappa shape index (κ3) is 5.61. The third-order valence-corrected chi connectivity index (χ3v) is 6.54. The van der Waals surface area contributed by atoms with Crippen LogP contribution in [-0.4, -0.2) is 45.9 Å². The van der Waals surface area contributed by atoms with Crippen molar-refractivity contribution in [3.63, 3.8) is 0 Å². The van der Waals surface area contributed by atoms with Gasteiger partial charge in [0.05, 0.1) is 24.8 Å². The van der Waals surface area contributed by atoms with E-state index in [2.05, 4.69) is 9.97 Å². The minimum Gasteiger partial charge on any atom is -0.494 e. The molecular weight excluding hydrogens is 568 g/mol. The molecule has 13 heteroatoms. The molecule has 1 amide bonds. The highest BCUT2D eigenvalue weighted by atomic mass is 19.4. The first-order valence-corrected chi connectivity index (χ1v) is 12.4. The molecule has 2 heterocycles. The zero-order chi connectivity index (χ0) is 31.2. The van der Waals surface area contributed by atoms with Gasteiger partial charge < -0.3 is 20.3 Å². The van der Waals surface area contributed by atoms with Crippen LogP contribution in [0.2, 0.25) is 0 Å². The number of rotatable bonds is 7. The number of aliphatic hydroxyl groups is 2. The predicted octanol–water partition coefficient (Wildman–Crippen LogP) is 5.44. The predicted molar refractivity (Wildman–Crippen MR) is 140 cm³/mol. The number of amides is 1. The molecule has 0 radical (unpaired) electrons. The van der Waals surface area contributed by atoms with Gasteiger partial charge in [-0.05, 0) is 68.8 Å². The van der Waals surface area contributed by atoms with Crippen LogP contribution < -0.4 is 10.1 Å². The van der Waals surface area contributed by atoms with E-state index in [1.165, 1.54) is 19.2 Å². The molecule has 7 nitrogen and oxygen atoms in total. The van der Waals surface area contributed by atoms with E-state index in [-0.39, 0.29) is 16.9 Å². The van der Waals surface area contributed by atoms with E-state index in [0.717, 1.165) is 43.7 Å². The topological polar surface area (TPSA) is 105 Å². The van der Waals surface area contributed by atoms with Crippen LogP contribution >= 0.6 is 0 Å². The Kier molecular flexibility index (Phi) is 7.96. The monoisotopic (exact) mass is 593 g/mol. The van der Waals surface area contributed by atoms with Gasteiger partial charge >= 0.3 is 6.18 Å². The molecule has 0 aliphatic rings. The molecule has 1 atom stereocenters. The Balaban J connectivity index is 1.83. The van der Waals surface area contributed by atoms with Gasteiger partial charge in [-0.15, -0.1) is 0 Å². The van der Waals surface area contributed by atoms with E-state index in [1.54, 1.807) is 19.2 Å². The summed E-state index contributed by atoms with van der Waals surface area (Å²) in [4.78, 5) is 20.7. The number of aryl methyl sites for hydroxylation is 1. The second-order valence-corrected chi connectivity index (χ2v) is 10.2. The molecular formula is C29H25F6N3O4. The van der Waals surface area contributed by atoms with Crippen molar-refractivity contribution >= 4 is 16.8 Å². The number of alkyl halides is 3. The summed E-state index contributed by atoms with van der Waals surface area (Å²) in [6, 6.07) is 7.94. The molecule has 3 N–H and O–H groups in total. The van der Waals surface area contributed by atoms with Gasteiger partial charge in [0.2, 0.25) is 5.60 Å². The van der Waals surface area contributed by atoms with Gasteiger partial charge in [-0.25, -0.2) is 18.2 Å². The lowest BCUT2D eigenvalue weighted by Crippen LogP contribution is -2.52. The number of hydrogen-bond donors (Lipinski definition) is 3. The summed E-state index contributed by atoms with van der Waals surface area (Å²) in [5, 5.41) is 23.8. The quantitative estimate of drug-likeness (QED) is 0.247. The first kappa shape index (κ1) is 30.7. The Morgan fingerprint density at radius 3 is 2.21 bits per heavy atom. The minimum atomic E-state index is -5.66. The van der Waals surface area contributed by atoms with Crippen LogP contribution in [0.5, 0.6) is 5.75 Å². The van der Waals surface area contributed by atoms with Gasteiger partial charge in [0.25, 0.3) is 5.91 Å². The summed E-state index contributed by atoms with van der Waals surface area (Å²) in [5.41, 5.74) is -9.71. The summed E-state index contributed by atoms with van der Waals surface area (Å²) in [5.74, 6) is -5.20. The van der Waals surface area contributed by atoms with Crippen LogP contribution in [0, 0.1) is 24.4 Å². The number of carbonyl (C=O) groups excluding carboxylic acids is 1. The van der Waals surface area contributed by atoms with Crippen LogP contribution in [0.25, 0.3) is 22.2 Å². The Hall–Kier alpha value is -4.23. The maximum atomic E-state index is 15.7. The molecule has 4 aromatic rings. The van der Waals surface area contributed by atoms with Crippen molar-refractivity contribution in [1.29, 1.82) is 0 Å². The van der Waals surface area contributed by atoms with Gasteiger partial charge in [0.15, 0.2) is 11.6 Å². The summed E-state index contributed by atoms with van der Waals surface area (Å²) in [7, 11) is 1.31. The number of nitrogens with one attached hydrogen (secondary N) is 1. The van der Waals surface area contributed by atoms with Gasteiger partial charge in [0.1, 0.15) is 28.5 Å². The fourth-order valence-corrected chi connectivity index (χ4v) is 4.39. The number of nitrogens with zero attached hydrogens (tertiary/aromatic N) is 2. The molecule has 42 heavy (non-hydrogen) atoms. The average molecular weight is 594 g/mol. The molecule has 2 aromatic heterocycles.